The highest BCUT2D eigenvalue weighted by Crippen LogP contribution is 2.28. The highest BCUT2D eigenvalue weighted by atomic mass is 32.1. The number of thiophene rings is 1. The minimum absolute atomic E-state index is 0.357. The number of hydrogen-bond donors (Lipinski definition) is 1. The van der Waals surface area contributed by atoms with Crippen LogP contribution in [0, 0.1) is 5.92 Å². The molecule has 1 atom stereocenters. The van der Waals surface area contributed by atoms with Crippen LogP contribution >= 0.6 is 11.3 Å². The first kappa shape index (κ1) is 19.6. The van der Waals surface area contributed by atoms with E-state index in [1.165, 1.54) is 17.7 Å². The zero-order valence-corrected chi connectivity index (χ0v) is 16.8. The lowest BCUT2D eigenvalue weighted by Gasteiger charge is -2.35. The van der Waals surface area contributed by atoms with Crippen LogP contribution in [0.15, 0.2) is 22.5 Å². The van der Waals surface area contributed by atoms with Gasteiger partial charge >= 0.3 is 0 Å². The lowest BCUT2D eigenvalue weighted by atomic mass is 10.2. The molecule has 0 spiro atoms. The number of morpholine rings is 1. The molecule has 6 nitrogen and oxygen atoms in total. The van der Waals surface area contributed by atoms with Gasteiger partial charge in [-0.05, 0) is 30.2 Å². The SMILES string of the molecule is CN=C(NCC(c1cccs1)N1CCOCC1)N(C)CCOCC1CC1. The maximum atomic E-state index is 5.76. The van der Waals surface area contributed by atoms with Gasteiger partial charge in [0.15, 0.2) is 5.96 Å². The summed E-state index contributed by atoms with van der Waals surface area (Å²) >= 11 is 1.82. The molecule has 3 rings (SSSR count). The van der Waals surface area contributed by atoms with Crippen LogP contribution in [0.5, 0.6) is 0 Å². The molecular formula is C19H32N4O2S. The number of nitrogens with one attached hydrogen (secondary N) is 1. The van der Waals surface area contributed by atoms with Gasteiger partial charge in [0.05, 0.1) is 25.9 Å². The van der Waals surface area contributed by atoms with Crippen molar-refractivity contribution in [3.63, 3.8) is 0 Å². The first-order valence-corrected chi connectivity index (χ1v) is 10.5. The van der Waals surface area contributed by atoms with Crippen LogP contribution in [-0.2, 0) is 9.47 Å². The third-order valence-corrected chi connectivity index (χ3v) is 5.98. The molecule has 1 saturated heterocycles. The van der Waals surface area contributed by atoms with Crippen LogP contribution in [-0.4, -0.2) is 82.5 Å². The Balaban J connectivity index is 1.48. The van der Waals surface area contributed by atoms with Crippen molar-refractivity contribution in [2.24, 2.45) is 10.9 Å². The standard InChI is InChI=1S/C19H32N4O2S/c1-20-19(22(2)7-10-25-15-16-5-6-16)21-14-17(18-4-3-13-26-18)23-8-11-24-12-9-23/h3-4,13,16-17H,5-12,14-15H2,1-2H3,(H,20,21). The summed E-state index contributed by atoms with van der Waals surface area (Å²) in [7, 11) is 3.92. The largest absolute Gasteiger partial charge is 0.379 e. The summed E-state index contributed by atoms with van der Waals surface area (Å²) in [6.45, 7) is 6.96. The van der Waals surface area contributed by atoms with Crippen LogP contribution in [0.2, 0.25) is 0 Å². The van der Waals surface area contributed by atoms with Crippen molar-refractivity contribution in [1.29, 1.82) is 0 Å². The summed E-state index contributed by atoms with van der Waals surface area (Å²) in [5, 5.41) is 5.72. The number of guanidine groups is 1. The molecule has 1 aromatic heterocycles. The van der Waals surface area contributed by atoms with E-state index >= 15 is 0 Å². The van der Waals surface area contributed by atoms with Gasteiger partial charge in [0.1, 0.15) is 0 Å². The summed E-state index contributed by atoms with van der Waals surface area (Å²) in [5.74, 6) is 1.74. The third-order valence-electron chi connectivity index (χ3n) is 5.01. The molecule has 146 valence electrons. The van der Waals surface area contributed by atoms with Crippen molar-refractivity contribution < 1.29 is 9.47 Å². The molecule has 1 aliphatic heterocycles. The number of likely N-dealkylation sites (N-methyl/N-ethyl adjacent to an activating group) is 1. The van der Waals surface area contributed by atoms with Gasteiger partial charge in [0.25, 0.3) is 0 Å². The zero-order chi connectivity index (χ0) is 18.2. The van der Waals surface area contributed by atoms with E-state index in [-0.39, 0.29) is 0 Å². The summed E-state index contributed by atoms with van der Waals surface area (Å²) in [6.07, 6.45) is 2.68. The summed E-state index contributed by atoms with van der Waals surface area (Å²) < 4.78 is 11.3. The molecule has 2 fully saturated rings. The molecule has 0 bridgehead atoms. The molecular weight excluding hydrogens is 348 g/mol. The average Bonchev–Trinajstić information content (AvgIpc) is 3.35. The number of aliphatic imine (C=N–C) groups is 1. The summed E-state index contributed by atoms with van der Waals surface area (Å²) in [5.41, 5.74) is 0. The Hall–Kier alpha value is -1.15. The fourth-order valence-corrected chi connectivity index (χ4v) is 4.06. The van der Waals surface area contributed by atoms with Gasteiger partial charge in [-0.15, -0.1) is 11.3 Å². The Morgan fingerprint density at radius 3 is 2.92 bits per heavy atom. The van der Waals surface area contributed by atoms with Gasteiger partial charge in [-0.1, -0.05) is 6.07 Å². The molecule has 2 aliphatic rings. The number of hydrogen-bond acceptors (Lipinski definition) is 5. The second kappa shape index (κ2) is 10.3. The molecule has 0 aromatic carbocycles. The van der Waals surface area contributed by atoms with Crippen LogP contribution < -0.4 is 5.32 Å². The van der Waals surface area contributed by atoms with Crippen molar-refractivity contribution in [2.45, 2.75) is 18.9 Å². The average molecular weight is 381 g/mol. The Bertz CT molecular complexity index is 542. The number of nitrogens with zero attached hydrogens (tertiary/aromatic N) is 3. The molecule has 1 aliphatic carbocycles. The normalized spacial score (nSPS) is 20.2. The van der Waals surface area contributed by atoms with Gasteiger partial charge < -0.3 is 19.7 Å². The fourth-order valence-electron chi connectivity index (χ4n) is 3.19. The van der Waals surface area contributed by atoms with Gasteiger partial charge in [0.2, 0.25) is 0 Å². The maximum absolute atomic E-state index is 5.76. The van der Waals surface area contributed by atoms with E-state index < -0.39 is 0 Å². The zero-order valence-electron chi connectivity index (χ0n) is 16.0. The van der Waals surface area contributed by atoms with Crippen molar-refractivity contribution in [3.05, 3.63) is 22.4 Å². The molecule has 1 N–H and O–H groups in total. The van der Waals surface area contributed by atoms with E-state index in [0.717, 1.165) is 64.5 Å². The molecule has 1 aromatic rings. The van der Waals surface area contributed by atoms with E-state index in [4.69, 9.17) is 9.47 Å². The van der Waals surface area contributed by atoms with E-state index in [1.807, 2.05) is 18.4 Å². The monoisotopic (exact) mass is 380 g/mol. The smallest absolute Gasteiger partial charge is 0.193 e. The van der Waals surface area contributed by atoms with Gasteiger partial charge in [0, 0.05) is 51.8 Å². The van der Waals surface area contributed by atoms with Gasteiger partial charge in [-0.3, -0.25) is 9.89 Å². The van der Waals surface area contributed by atoms with Gasteiger partial charge in [-0.25, -0.2) is 0 Å². The summed E-state index contributed by atoms with van der Waals surface area (Å²) in [6, 6.07) is 4.71. The minimum Gasteiger partial charge on any atom is -0.379 e. The molecule has 1 saturated carbocycles. The van der Waals surface area contributed by atoms with Gasteiger partial charge in [-0.2, -0.15) is 0 Å². The maximum Gasteiger partial charge on any atom is 0.193 e. The predicted octanol–water partition coefficient (Wildman–Crippen LogP) is 2.06. The molecule has 0 radical (unpaired) electrons. The topological polar surface area (TPSA) is 49.3 Å². The van der Waals surface area contributed by atoms with Crippen molar-refractivity contribution in [3.8, 4) is 0 Å². The van der Waals surface area contributed by atoms with Crippen LogP contribution in [0.25, 0.3) is 0 Å². The predicted molar refractivity (Wildman–Crippen MR) is 107 cm³/mol. The molecule has 7 heteroatoms. The van der Waals surface area contributed by atoms with E-state index in [0.29, 0.717) is 6.04 Å². The quantitative estimate of drug-likeness (QED) is 0.404. The van der Waals surface area contributed by atoms with Crippen LogP contribution in [0.1, 0.15) is 23.8 Å². The highest BCUT2D eigenvalue weighted by Gasteiger charge is 2.24. The van der Waals surface area contributed by atoms with Crippen molar-refractivity contribution in [1.82, 2.24) is 15.1 Å². The second-order valence-corrected chi connectivity index (χ2v) is 8.03. The van der Waals surface area contributed by atoms with E-state index in [9.17, 15) is 0 Å². The molecule has 0 amide bonds. The number of rotatable bonds is 9. The second-order valence-electron chi connectivity index (χ2n) is 7.05. The lowest BCUT2D eigenvalue weighted by molar-refractivity contribution is 0.0176. The Morgan fingerprint density at radius 2 is 2.27 bits per heavy atom. The molecule has 1 unspecified atom stereocenters. The molecule has 2 heterocycles. The Labute approximate surface area is 161 Å². The fraction of sp³-hybridized carbons (Fsp3) is 0.737. The first-order chi connectivity index (χ1) is 12.8. The first-order valence-electron chi connectivity index (χ1n) is 9.62. The Morgan fingerprint density at radius 1 is 1.46 bits per heavy atom. The lowest BCUT2D eigenvalue weighted by Crippen LogP contribution is -2.47. The highest BCUT2D eigenvalue weighted by molar-refractivity contribution is 7.10. The number of ether oxygens (including phenoxy) is 2. The Kier molecular flexibility index (Phi) is 7.73. The van der Waals surface area contributed by atoms with Crippen LogP contribution in [0.4, 0.5) is 0 Å². The van der Waals surface area contributed by atoms with Crippen molar-refractivity contribution in [2.75, 3.05) is 66.7 Å². The van der Waals surface area contributed by atoms with E-state index in [2.05, 4.69) is 44.7 Å². The van der Waals surface area contributed by atoms with E-state index in [1.54, 1.807) is 0 Å². The molecule has 26 heavy (non-hydrogen) atoms. The minimum atomic E-state index is 0.357. The van der Waals surface area contributed by atoms with Crippen LogP contribution in [0.3, 0.4) is 0 Å². The third kappa shape index (κ3) is 5.94. The van der Waals surface area contributed by atoms with Crippen molar-refractivity contribution >= 4 is 17.3 Å². The summed E-state index contributed by atoms with van der Waals surface area (Å²) in [4.78, 5) is 10.5.